The number of nitrogens with one attached hydrogen (secondary N) is 2. The highest BCUT2D eigenvalue weighted by atomic mass is 32.1. The van der Waals surface area contributed by atoms with Crippen molar-refractivity contribution >= 4 is 17.2 Å². The summed E-state index contributed by atoms with van der Waals surface area (Å²) in [6.45, 7) is 5.10. The Morgan fingerprint density at radius 3 is 2.86 bits per heavy atom. The van der Waals surface area contributed by atoms with Crippen LogP contribution in [0.1, 0.15) is 34.4 Å². The van der Waals surface area contributed by atoms with Gasteiger partial charge in [-0.25, -0.2) is 4.98 Å². The maximum Gasteiger partial charge on any atom is 0.263 e. The third-order valence-electron chi connectivity index (χ3n) is 4.07. The predicted octanol–water partition coefficient (Wildman–Crippen LogP) is 2.99. The number of carbonyl (C=O) groups is 1. The van der Waals surface area contributed by atoms with Gasteiger partial charge in [-0.1, -0.05) is 30.3 Å². The van der Waals surface area contributed by atoms with Gasteiger partial charge < -0.3 is 10.6 Å². The summed E-state index contributed by atoms with van der Waals surface area (Å²) < 4.78 is 0. The van der Waals surface area contributed by atoms with Crippen LogP contribution in [0.5, 0.6) is 0 Å². The minimum absolute atomic E-state index is 0.00926. The Bertz CT molecular complexity index is 653. The summed E-state index contributed by atoms with van der Waals surface area (Å²) in [6, 6.07) is 10.4. The van der Waals surface area contributed by atoms with Gasteiger partial charge in [0.05, 0.1) is 10.7 Å². The molecule has 0 spiro atoms. The van der Waals surface area contributed by atoms with E-state index in [0.717, 1.165) is 35.7 Å². The average Bonchev–Trinajstić information content (AvgIpc) is 2.92. The molecule has 116 valence electrons. The Morgan fingerprint density at radius 2 is 2.14 bits per heavy atom. The molecular formula is C17H21N3OS. The van der Waals surface area contributed by atoms with Crippen LogP contribution in [0.4, 0.5) is 0 Å². The van der Waals surface area contributed by atoms with Crippen LogP contribution in [0.25, 0.3) is 11.3 Å². The van der Waals surface area contributed by atoms with E-state index in [9.17, 15) is 4.79 Å². The van der Waals surface area contributed by atoms with E-state index < -0.39 is 0 Å². The number of carbonyl (C=O) groups excluding carboxylic acids is 1. The molecule has 2 atom stereocenters. The molecule has 1 aliphatic heterocycles. The number of aryl methyl sites for hydroxylation is 1. The van der Waals surface area contributed by atoms with Crippen LogP contribution in [0.15, 0.2) is 30.3 Å². The van der Waals surface area contributed by atoms with Crippen molar-refractivity contribution in [2.24, 2.45) is 0 Å². The van der Waals surface area contributed by atoms with Crippen molar-refractivity contribution in [1.29, 1.82) is 0 Å². The van der Waals surface area contributed by atoms with Gasteiger partial charge in [0.15, 0.2) is 0 Å². The molecule has 1 aromatic heterocycles. The van der Waals surface area contributed by atoms with Crippen molar-refractivity contribution in [2.75, 3.05) is 6.54 Å². The molecule has 22 heavy (non-hydrogen) atoms. The Kier molecular flexibility index (Phi) is 4.55. The van der Waals surface area contributed by atoms with Crippen molar-refractivity contribution in [3.8, 4) is 11.3 Å². The molecule has 1 aliphatic rings. The Labute approximate surface area is 135 Å². The highest BCUT2D eigenvalue weighted by Gasteiger charge is 2.25. The number of hydrogen-bond acceptors (Lipinski definition) is 4. The number of nitrogens with zero attached hydrogens (tertiary/aromatic N) is 1. The predicted molar refractivity (Wildman–Crippen MR) is 90.2 cm³/mol. The van der Waals surface area contributed by atoms with Crippen LogP contribution in [0, 0.1) is 6.92 Å². The van der Waals surface area contributed by atoms with E-state index in [2.05, 4.69) is 22.5 Å². The zero-order chi connectivity index (χ0) is 15.5. The molecule has 5 heteroatoms. The average molecular weight is 315 g/mol. The smallest absolute Gasteiger partial charge is 0.263 e. The monoisotopic (exact) mass is 315 g/mol. The fourth-order valence-corrected chi connectivity index (χ4v) is 3.69. The molecule has 1 amide bonds. The van der Waals surface area contributed by atoms with Crippen LogP contribution in [0.2, 0.25) is 0 Å². The third-order valence-corrected chi connectivity index (χ3v) is 5.04. The van der Waals surface area contributed by atoms with Gasteiger partial charge >= 0.3 is 0 Å². The van der Waals surface area contributed by atoms with Gasteiger partial charge in [0.2, 0.25) is 0 Å². The van der Waals surface area contributed by atoms with E-state index in [1.165, 1.54) is 11.3 Å². The lowest BCUT2D eigenvalue weighted by Gasteiger charge is -2.30. The maximum absolute atomic E-state index is 12.7. The Hall–Kier alpha value is -1.72. The lowest BCUT2D eigenvalue weighted by atomic mass is 10.00. The van der Waals surface area contributed by atoms with E-state index in [0.29, 0.717) is 10.9 Å². The Morgan fingerprint density at radius 1 is 1.36 bits per heavy atom. The number of rotatable bonds is 3. The molecular weight excluding hydrogens is 294 g/mol. The zero-order valence-electron chi connectivity index (χ0n) is 12.9. The van der Waals surface area contributed by atoms with Gasteiger partial charge in [-0.2, -0.15) is 0 Å². The van der Waals surface area contributed by atoms with Crippen molar-refractivity contribution in [3.63, 3.8) is 0 Å². The lowest BCUT2D eigenvalue weighted by Crippen LogP contribution is -2.51. The number of benzene rings is 1. The summed E-state index contributed by atoms with van der Waals surface area (Å²) in [6.07, 6.45) is 2.13. The second-order valence-electron chi connectivity index (χ2n) is 5.74. The fraction of sp³-hybridized carbons (Fsp3) is 0.412. The number of aromatic nitrogens is 1. The summed E-state index contributed by atoms with van der Waals surface area (Å²) in [7, 11) is 0. The molecule has 2 heterocycles. The van der Waals surface area contributed by atoms with E-state index in [-0.39, 0.29) is 11.9 Å². The first kappa shape index (κ1) is 15.2. The van der Waals surface area contributed by atoms with E-state index in [4.69, 9.17) is 0 Å². The van der Waals surface area contributed by atoms with Crippen LogP contribution in [0.3, 0.4) is 0 Å². The normalized spacial score (nSPS) is 21.5. The number of piperidine rings is 1. The molecule has 0 aliphatic carbocycles. The van der Waals surface area contributed by atoms with Crippen molar-refractivity contribution in [1.82, 2.24) is 15.6 Å². The van der Waals surface area contributed by atoms with Crippen molar-refractivity contribution in [2.45, 2.75) is 38.8 Å². The molecule has 4 nitrogen and oxygen atoms in total. The Balaban J connectivity index is 1.84. The van der Waals surface area contributed by atoms with Crippen molar-refractivity contribution in [3.05, 3.63) is 40.2 Å². The third kappa shape index (κ3) is 3.20. The first-order valence-corrected chi connectivity index (χ1v) is 8.54. The van der Waals surface area contributed by atoms with Gasteiger partial charge in [0.1, 0.15) is 4.88 Å². The quantitative estimate of drug-likeness (QED) is 0.915. The first-order chi connectivity index (χ1) is 10.6. The highest BCUT2D eigenvalue weighted by Crippen LogP contribution is 2.28. The molecule has 1 fully saturated rings. The second kappa shape index (κ2) is 6.58. The molecule has 2 unspecified atom stereocenters. The van der Waals surface area contributed by atoms with E-state index in [1.54, 1.807) is 0 Å². The van der Waals surface area contributed by atoms with Crippen LogP contribution < -0.4 is 10.6 Å². The minimum Gasteiger partial charge on any atom is -0.347 e. The van der Waals surface area contributed by atoms with E-state index >= 15 is 0 Å². The molecule has 3 rings (SSSR count). The molecule has 0 bridgehead atoms. The highest BCUT2D eigenvalue weighted by molar-refractivity contribution is 7.14. The molecule has 1 saturated heterocycles. The molecule has 0 radical (unpaired) electrons. The van der Waals surface area contributed by atoms with Gasteiger partial charge in [0, 0.05) is 17.6 Å². The van der Waals surface area contributed by atoms with E-state index in [1.807, 2.05) is 37.3 Å². The van der Waals surface area contributed by atoms with Gasteiger partial charge in [-0.05, 0) is 33.2 Å². The van der Waals surface area contributed by atoms with Crippen LogP contribution in [-0.2, 0) is 0 Å². The zero-order valence-corrected chi connectivity index (χ0v) is 13.7. The largest absolute Gasteiger partial charge is 0.347 e. The number of hydrogen-bond donors (Lipinski definition) is 2. The number of thiazole rings is 1. The van der Waals surface area contributed by atoms with Gasteiger partial charge in [-0.15, -0.1) is 11.3 Å². The summed E-state index contributed by atoms with van der Waals surface area (Å²) in [5, 5.41) is 7.51. The standard InChI is InChI=1S/C17H21N3OS/c1-11-14(9-6-10-18-11)20-17(21)16-15(19-12(2)22-16)13-7-4-3-5-8-13/h3-5,7-8,11,14,18H,6,9-10H2,1-2H3,(H,20,21). The second-order valence-corrected chi connectivity index (χ2v) is 6.94. The van der Waals surface area contributed by atoms with Crippen LogP contribution in [-0.4, -0.2) is 29.5 Å². The molecule has 1 aromatic carbocycles. The molecule has 2 N–H and O–H groups in total. The summed E-state index contributed by atoms with van der Waals surface area (Å²) in [5.41, 5.74) is 1.78. The first-order valence-electron chi connectivity index (χ1n) is 7.72. The van der Waals surface area contributed by atoms with Crippen molar-refractivity contribution < 1.29 is 4.79 Å². The summed E-state index contributed by atoms with van der Waals surface area (Å²) >= 11 is 1.46. The molecule has 2 aromatic rings. The van der Waals surface area contributed by atoms with Gasteiger partial charge in [0.25, 0.3) is 5.91 Å². The van der Waals surface area contributed by atoms with Gasteiger partial charge in [-0.3, -0.25) is 4.79 Å². The lowest BCUT2D eigenvalue weighted by molar-refractivity contribution is 0.0924. The maximum atomic E-state index is 12.7. The summed E-state index contributed by atoms with van der Waals surface area (Å²) in [5.74, 6) is -0.00926. The summed E-state index contributed by atoms with van der Waals surface area (Å²) in [4.78, 5) is 18.0. The SMILES string of the molecule is Cc1nc(-c2ccccc2)c(C(=O)NC2CCCNC2C)s1. The fourth-order valence-electron chi connectivity index (χ4n) is 2.85. The van der Waals surface area contributed by atoms with Crippen LogP contribution >= 0.6 is 11.3 Å². The topological polar surface area (TPSA) is 54.0 Å². The number of amides is 1. The minimum atomic E-state index is -0.00926. The molecule has 0 saturated carbocycles.